The Morgan fingerprint density at radius 2 is 1.82 bits per heavy atom. The van der Waals surface area contributed by atoms with Gasteiger partial charge in [0.05, 0.1) is 6.07 Å². The molecule has 0 atom stereocenters. The van der Waals surface area contributed by atoms with Crippen LogP contribution < -0.4 is 0 Å². The van der Waals surface area contributed by atoms with Crippen LogP contribution in [0, 0.1) is 11.3 Å². The highest BCUT2D eigenvalue weighted by Crippen LogP contribution is 2.10. The highest BCUT2D eigenvalue weighted by atomic mass is 32.2. The molecule has 0 aromatic carbocycles. The molecule has 0 saturated carbocycles. The number of piperazine rings is 1. The van der Waals surface area contributed by atoms with E-state index in [1.807, 2.05) is 0 Å². The lowest BCUT2D eigenvalue weighted by Gasteiger charge is -2.34. The SMILES string of the molecule is CN(C)S(=O)(=O)N1CCN(C(=O)CC#N)CC1. The number of hydrogen-bond acceptors (Lipinski definition) is 4. The van der Waals surface area contributed by atoms with Crippen molar-refractivity contribution in [3.8, 4) is 6.07 Å². The summed E-state index contributed by atoms with van der Waals surface area (Å²) in [7, 11) is -0.448. The summed E-state index contributed by atoms with van der Waals surface area (Å²) in [5.74, 6) is -0.241. The van der Waals surface area contributed by atoms with Crippen LogP contribution in [-0.4, -0.2) is 68.1 Å². The smallest absolute Gasteiger partial charge is 0.281 e. The van der Waals surface area contributed by atoms with E-state index >= 15 is 0 Å². The van der Waals surface area contributed by atoms with E-state index < -0.39 is 10.2 Å². The quantitative estimate of drug-likeness (QED) is 0.641. The highest BCUT2D eigenvalue weighted by molar-refractivity contribution is 7.86. The second-order valence-electron chi connectivity index (χ2n) is 3.90. The second kappa shape index (κ2) is 5.44. The van der Waals surface area contributed by atoms with Gasteiger partial charge in [-0.3, -0.25) is 4.79 Å². The molecule has 0 unspecified atom stereocenters. The van der Waals surface area contributed by atoms with Crippen LogP contribution >= 0.6 is 0 Å². The summed E-state index contributed by atoms with van der Waals surface area (Å²) < 4.78 is 26.1. The Kier molecular flexibility index (Phi) is 4.45. The van der Waals surface area contributed by atoms with Crippen molar-refractivity contribution in [1.82, 2.24) is 13.5 Å². The van der Waals surface area contributed by atoms with Crippen LogP contribution in [0.3, 0.4) is 0 Å². The Balaban J connectivity index is 2.58. The van der Waals surface area contributed by atoms with Gasteiger partial charge < -0.3 is 4.90 Å². The number of carbonyl (C=O) groups excluding carboxylic acids is 1. The van der Waals surface area contributed by atoms with Crippen LogP contribution in [0.25, 0.3) is 0 Å². The summed E-state index contributed by atoms with van der Waals surface area (Å²) in [6.07, 6.45) is -0.152. The molecule has 1 fully saturated rings. The molecule has 1 saturated heterocycles. The van der Waals surface area contributed by atoms with Crippen molar-refractivity contribution in [2.75, 3.05) is 40.3 Å². The summed E-state index contributed by atoms with van der Waals surface area (Å²) in [5, 5.41) is 8.41. The Hall–Kier alpha value is -1.17. The van der Waals surface area contributed by atoms with Crippen LogP contribution in [-0.2, 0) is 15.0 Å². The molecule has 1 aliphatic heterocycles. The number of nitrogens with zero attached hydrogens (tertiary/aromatic N) is 4. The van der Waals surface area contributed by atoms with Crippen molar-refractivity contribution >= 4 is 16.1 Å². The predicted molar refractivity (Wildman–Crippen MR) is 61.0 cm³/mol. The minimum Gasteiger partial charge on any atom is -0.339 e. The first-order valence-electron chi connectivity index (χ1n) is 5.22. The van der Waals surface area contributed by atoms with Crippen molar-refractivity contribution in [2.45, 2.75) is 6.42 Å². The van der Waals surface area contributed by atoms with Gasteiger partial charge >= 0.3 is 0 Å². The fourth-order valence-electron chi connectivity index (χ4n) is 1.58. The molecule has 0 spiro atoms. The molecular formula is C9H16N4O3S. The molecule has 0 N–H and O–H groups in total. The average Bonchev–Trinajstić information content (AvgIpc) is 2.29. The predicted octanol–water partition coefficient (Wildman–Crippen LogP) is -1.15. The topological polar surface area (TPSA) is 84.7 Å². The molecule has 96 valence electrons. The maximum Gasteiger partial charge on any atom is 0.281 e. The molecule has 17 heavy (non-hydrogen) atoms. The van der Waals surface area contributed by atoms with Crippen molar-refractivity contribution in [3.63, 3.8) is 0 Å². The third-order valence-electron chi connectivity index (χ3n) is 2.61. The Labute approximate surface area is 101 Å². The molecule has 0 aromatic rings. The van der Waals surface area contributed by atoms with E-state index in [1.165, 1.54) is 23.3 Å². The third-order valence-corrected chi connectivity index (χ3v) is 4.55. The van der Waals surface area contributed by atoms with Crippen molar-refractivity contribution in [3.05, 3.63) is 0 Å². The second-order valence-corrected chi connectivity index (χ2v) is 6.05. The first-order valence-corrected chi connectivity index (χ1v) is 6.61. The van der Waals surface area contributed by atoms with Crippen LogP contribution in [0.15, 0.2) is 0 Å². The summed E-state index contributed by atoms with van der Waals surface area (Å²) in [5.41, 5.74) is 0. The molecule has 7 nitrogen and oxygen atoms in total. The molecule has 8 heteroatoms. The van der Waals surface area contributed by atoms with Crippen LogP contribution in [0.4, 0.5) is 0 Å². The fourth-order valence-corrected chi connectivity index (χ4v) is 2.67. The summed E-state index contributed by atoms with van der Waals surface area (Å²) in [6.45, 7) is 1.23. The lowest BCUT2D eigenvalue weighted by molar-refractivity contribution is -0.131. The molecular weight excluding hydrogens is 244 g/mol. The zero-order chi connectivity index (χ0) is 13.1. The van der Waals surface area contributed by atoms with E-state index in [0.717, 1.165) is 4.31 Å². The van der Waals surface area contributed by atoms with E-state index in [9.17, 15) is 13.2 Å². The zero-order valence-corrected chi connectivity index (χ0v) is 10.8. The van der Waals surface area contributed by atoms with E-state index in [-0.39, 0.29) is 25.4 Å². The monoisotopic (exact) mass is 260 g/mol. The molecule has 0 aromatic heterocycles. The van der Waals surface area contributed by atoms with Crippen LogP contribution in [0.1, 0.15) is 6.42 Å². The summed E-state index contributed by atoms with van der Waals surface area (Å²) in [6, 6.07) is 1.79. The normalized spacial score (nSPS) is 18.1. The first-order chi connectivity index (χ1) is 7.89. The van der Waals surface area contributed by atoms with Crippen molar-refractivity contribution in [1.29, 1.82) is 5.26 Å². The molecule has 1 aliphatic rings. The number of carbonyl (C=O) groups is 1. The third kappa shape index (κ3) is 3.15. The van der Waals surface area contributed by atoms with Gasteiger partial charge in [-0.1, -0.05) is 0 Å². The fraction of sp³-hybridized carbons (Fsp3) is 0.778. The standard InChI is InChI=1S/C9H16N4O3S/c1-11(2)17(15,16)13-7-5-12(6-8-13)9(14)3-4-10/h3,5-8H2,1-2H3. The molecule has 1 heterocycles. The van der Waals surface area contributed by atoms with Crippen molar-refractivity contribution < 1.29 is 13.2 Å². The minimum atomic E-state index is -3.40. The Bertz CT molecular complexity index is 418. The maximum absolute atomic E-state index is 11.8. The number of amides is 1. The van der Waals surface area contributed by atoms with Gasteiger partial charge in [-0.25, -0.2) is 0 Å². The number of hydrogen-bond donors (Lipinski definition) is 0. The van der Waals surface area contributed by atoms with E-state index in [4.69, 9.17) is 5.26 Å². The lowest BCUT2D eigenvalue weighted by Crippen LogP contribution is -2.52. The Morgan fingerprint density at radius 1 is 1.29 bits per heavy atom. The number of nitriles is 1. The average molecular weight is 260 g/mol. The molecule has 1 amide bonds. The lowest BCUT2D eigenvalue weighted by atomic mass is 10.3. The van der Waals surface area contributed by atoms with E-state index in [0.29, 0.717) is 13.1 Å². The molecule has 0 radical (unpaired) electrons. The molecule has 0 aliphatic carbocycles. The van der Waals surface area contributed by atoms with Gasteiger partial charge in [0.25, 0.3) is 10.2 Å². The van der Waals surface area contributed by atoms with Crippen LogP contribution in [0.2, 0.25) is 0 Å². The maximum atomic E-state index is 11.8. The highest BCUT2D eigenvalue weighted by Gasteiger charge is 2.29. The summed E-state index contributed by atoms with van der Waals surface area (Å²) >= 11 is 0. The molecule has 1 rings (SSSR count). The van der Waals surface area contributed by atoms with Gasteiger partial charge in [-0.15, -0.1) is 0 Å². The van der Waals surface area contributed by atoms with Gasteiger partial charge in [0.2, 0.25) is 5.91 Å². The number of rotatable bonds is 3. The first kappa shape index (κ1) is 13.9. The minimum absolute atomic E-state index is 0.152. The zero-order valence-electron chi connectivity index (χ0n) is 9.96. The van der Waals surface area contributed by atoms with Gasteiger partial charge in [0.15, 0.2) is 0 Å². The largest absolute Gasteiger partial charge is 0.339 e. The summed E-state index contributed by atoms with van der Waals surface area (Å²) in [4.78, 5) is 12.9. The Morgan fingerprint density at radius 3 is 2.24 bits per heavy atom. The van der Waals surface area contributed by atoms with Gasteiger partial charge in [0.1, 0.15) is 6.42 Å². The molecule has 0 bridgehead atoms. The van der Waals surface area contributed by atoms with Gasteiger partial charge in [-0.05, 0) is 0 Å². The van der Waals surface area contributed by atoms with Crippen molar-refractivity contribution in [2.24, 2.45) is 0 Å². The van der Waals surface area contributed by atoms with Crippen LogP contribution in [0.5, 0.6) is 0 Å². The van der Waals surface area contributed by atoms with Gasteiger partial charge in [-0.2, -0.15) is 22.3 Å². The van der Waals surface area contributed by atoms with E-state index in [1.54, 1.807) is 6.07 Å². The van der Waals surface area contributed by atoms with Gasteiger partial charge in [0, 0.05) is 40.3 Å². The van der Waals surface area contributed by atoms with E-state index in [2.05, 4.69) is 0 Å².